The number of benzene rings is 2. The van der Waals surface area contributed by atoms with E-state index in [2.05, 4.69) is 0 Å². The second kappa shape index (κ2) is 9.81. The number of carbonyl (C=O) groups excluding carboxylic acids is 1. The molecule has 0 N–H and O–H groups in total. The van der Waals surface area contributed by atoms with Gasteiger partial charge in [-0.05, 0) is 43.5 Å². The largest absolute Gasteiger partial charge is 0.492 e. The van der Waals surface area contributed by atoms with Crippen molar-refractivity contribution in [3.63, 3.8) is 0 Å². The van der Waals surface area contributed by atoms with Crippen LogP contribution in [-0.2, 0) is 21.4 Å². The molecule has 1 fully saturated rings. The number of piperidine rings is 1. The van der Waals surface area contributed by atoms with Crippen molar-refractivity contribution in [1.29, 1.82) is 0 Å². The summed E-state index contributed by atoms with van der Waals surface area (Å²) in [6.45, 7) is 3.45. The van der Waals surface area contributed by atoms with Crippen LogP contribution in [0.1, 0.15) is 25.3 Å². The van der Waals surface area contributed by atoms with Gasteiger partial charge < -0.3 is 9.64 Å². The summed E-state index contributed by atoms with van der Waals surface area (Å²) >= 11 is 6.16. The van der Waals surface area contributed by atoms with Crippen molar-refractivity contribution in [2.24, 2.45) is 5.92 Å². The zero-order valence-electron chi connectivity index (χ0n) is 17.3. The van der Waals surface area contributed by atoms with Gasteiger partial charge in [-0.1, -0.05) is 41.9 Å². The van der Waals surface area contributed by atoms with E-state index in [4.69, 9.17) is 16.3 Å². The Bertz CT molecular complexity index is 974. The highest BCUT2D eigenvalue weighted by Gasteiger charge is 2.33. The summed E-state index contributed by atoms with van der Waals surface area (Å²) in [7, 11) is -1.87. The summed E-state index contributed by atoms with van der Waals surface area (Å²) < 4.78 is 32.8. The Kier molecular flexibility index (Phi) is 7.39. The smallest absolute Gasteiger partial charge is 0.243 e. The zero-order valence-corrected chi connectivity index (χ0v) is 18.8. The van der Waals surface area contributed by atoms with Crippen LogP contribution in [-0.4, -0.2) is 50.3 Å². The van der Waals surface area contributed by atoms with Gasteiger partial charge >= 0.3 is 0 Å². The Hall–Kier alpha value is -2.09. The summed E-state index contributed by atoms with van der Waals surface area (Å²) in [5.74, 6) is 0.345. The second-order valence-electron chi connectivity index (χ2n) is 7.38. The van der Waals surface area contributed by atoms with Crippen molar-refractivity contribution in [2.75, 3.05) is 26.7 Å². The van der Waals surface area contributed by atoms with Crippen LogP contribution in [0.3, 0.4) is 0 Å². The number of nitrogens with zero attached hydrogens (tertiary/aromatic N) is 2. The van der Waals surface area contributed by atoms with E-state index in [-0.39, 0.29) is 21.7 Å². The highest BCUT2D eigenvalue weighted by molar-refractivity contribution is 7.89. The van der Waals surface area contributed by atoms with Crippen molar-refractivity contribution in [1.82, 2.24) is 9.21 Å². The van der Waals surface area contributed by atoms with E-state index < -0.39 is 10.0 Å². The molecule has 1 amide bonds. The summed E-state index contributed by atoms with van der Waals surface area (Å²) in [6, 6.07) is 14.3. The fraction of sp³-hybridized carbons (Fsp3) is 0.409. The van der Waals surface area contributed by atoms with Gasteiger partial charge in [-0.25, -0.2) is 8.42 Å². The summed E-state index contributed by atoms with van der Waals surface area (Å²) in [5.41, 5.74) is 1.07. The molecule has 2 aromatic rings. The van der Waals surface area contributed by atoms with E-state index in [0.717, 1.165) is 5.56 Å². The van der Waals surface area contributed by atoms with Crippen LogP contribution in [0.4, 0.5) is 0 Å². The van der Waals surface area contributed by atoms with Gasteiger partial charge in [0.25, 0.3) is 0 Å². The molecule has 0 aromatic heterocycles. The van der Waals surface area contributed by atoms with Gasteiger partial charge in [-0.2, -0.15) is 4.31 Å². The van der Waals surface area contributed by atoms with E-state index in [0.29, 0.717) is 44.8 Å². The molecule has 1 aliphatic rings. The lowest BCUT2D eigenvalue weighted by atomic mass is 9.96. The quantitative estimate of drug-likeness (QED) is 0.643. The molecule has 162 valence electrons. The van der Waals surface area contributed by atoms with Crippen LogP contribution in [0.25, 0.3) is 0 Å². The SMILES string of the molecule is CCOc1ccc(S(=O)(=O)N2CCC(C(=O)N(C)Cc3ccccc3)CC2)cc1Cl. The minimum Gasteiger partial charge on any atom is -0.492 e. The molecule has 0 saturated carbocycles. The van der Waals surface area contributed by atoms with Crippen molar-refractivity contribution < 1.29 is 17.9 Å². The number of hydrogen-bond donors (Lipinski definition) is 0. The third kappa shape index (κ3) is 5.14. The molecule has 6 nitrogen and oxygen atoms in total. The maximum absolute atomic E-state index is 13.0. The molecule has 1 saturated heterocycles. The highest BCUT2D eigenvalue weighted by Crippen LogP contribution is 2.30. The molecule has 30 heavy (non-hydrogen) atoms. The molecule has 3 rings (SSSR count). The number of halogens is 1. The molecular weight excluding hydrogens is 424 g/mol. The first-order valence-electron chi connectivity index (χ1n) is 10.0. The lowest BCUT2D eigenvalue weighted by Crippen LogP contribution is -2.43. The molecule has 0 atom stereocenters. The number of rotatable bonds is 7. The normalized spacial score (nSPS) is 15.7. The number of amides is 1. The van der Waals surface area contributed by atoms with Crippen molar-refractivity contribution in [2.45, 2.75) is 31.2 Å². The molecule has 0 spiro atoms. The lowest BCUT2D eigenvalue weighted by Gasteiger charge is -2.32. The van der Waals surface area contributed by atoms with E-state index in [1.807, 2.05) is 37.3 Å². The molecule has 8 heteroatoms. The van der Waals surface area contributed by atoms with Crippen LogP contribution in [0.2, 0.25) is 5.02 Å². The van der Waals surface area contributed by atoms with Crippen molar-refractivity contribution >= 4 is 27.5 Å². The molecule has 1 heterocycles. The predicted molar refractivity (Wildman–Crippen MR) is 117 cm³/mol. The van der Waals surface area contributed by atoms with Crippen LogP contribution in [0.5, 0.6) is 5.75 Å². The molecular formula is C22H27ClN2O4S. The molecule has 1 aliphatic heterocycles. The van der Waals surface area contributed by atoms with E-state index in [9.17, 15) is 13.2 Å². The van der Waals surface area contributed by atoms with Gasteiger partial charge in [0, 0.05) is 32.6 Å². The Balaban J connectivity index is 1.61. The Morgan fingerprint density at radius 3 is 2.43 bits per heavy atom. The molecule has 2 aromatic carbocycles. The maximum atomic E-state index is 13.0. The molecule has 0 aliphatic carbocycles. The fourth-order valence-electron chi connectivity index (χ4n) is 3.65. The number of ether oxygens (including phenoxy) is 1. The van der Waals surface area contributed by atoms with Gasteiger partial charge in [-0.15, -0.1) is 0 Å². The van der Waals surface area contributed by atoms with Crippen LogP contribution in [0, 0.1) is 5.92 Å². The van der Waals surface area contributed by atoms with Crippen LogP contribution >= 0.6 is 11.6 Å². The van der Waals surface area contributed by atoms with Crippen LogP contribution in [0.15, 0.2) is 53.4 Å². The minimum absolute atomic E-state index is 0.0556. The van der Waals surface area contributed by atoms with Gasteiger partial charge in [0.15, 0.2) is 0 Å². The number of carbonyl (C=O) groups is 1. The maximum Gasteiger partial charge on any atom is 0.243 e. The lowest BCUT2D eigenvalue weighted by molar-refractivity contribution is -0.135. The first-order valence-corrected chi connectivity index (χ1v) is 11.9. The molecule has 0 unspecified atom stereocenters. The summed E-state index contributed by atoms with van der Waals surface area (Å²) in [4.78, 5) is 14.7. The second-order valence-corrected chi connectivity index (χ2v) is 9.73. The Morgan fingerprint density at radius 1 is 1.17 bits per heavy atom. The third-order valence-electron chi connectivity index (χ3n) is 5.28. The number of sulfonamides is 1. The standard InChI is InChI=1S/C22H27ClN2O4S/c1-3-29-21-10-9-19(15-20(21)23)30(27,28)25-13-11-18(12-14-25)22(26)24(2)16-17-7-5-4-6-8-17/h4-10,15,18H,3,11-14,16H2,1-2H3. The Morgan fingerprint density at radius 2 is 1.83 bits per heavy atom. The average Bonchev–Trinajstić information content (AvgIpc) is 2.75. The van der Waals surface area contributed by atoms with Gasteiger partial charge in [0.05, 0.1) is 16.5 Å². The monoisotopic (exact) mass is 450 g/mol. The van der Waals surface area contributed by atoms with E-state index >= 15 is 0 Å². The third-order valence-corrected chi connectivity index (χ3v) is 7.47. The predicted octanol–water partition coefficient (Wildman–Crippen LogP) is 3.80. The summed E-state index contributed by atoms with van der Waals surface area (Å²) in [6.07, 6.45) is 1.00. The topological polar surface area (TPSA) is 66.9 Å². The highest BCUT2D eigenvalue weighted by atomic mass is 35.5. The first-order chi connectivity index (χ1) is 14.3. The van der Waals surface area contributed by atoms with E-state index in [1.165, 1.54) is 16.4 Å². The zero-order chi connectivity index (χ0) is 21.7. The first kappa shape index (κ1) is 22.6. The van der Waals surface area contributed by atoms with Crippen LogP contribution < -0.4 is 4.74 Å². The fourth-order valence-corrected chi connectivity index (χ4v) is 5.45. The molecule has 0 bridgehead atoms. The average molecular weight is 451 g/mol. The minimum atomic E-state index is -3.67. The Labute approximate surface area is 183 Å². The van der Waals surface area contributed by atoms with Gasteiger partial charge in [0.1, 0.15) is 5.75 Å². The molecule has 0 radical (unpaired) electrons. The number of hydrogen-bond acceptors (Lipinski definition) is 4. The van der Waals surface area contributed by atoms with Crippen molar-refractivity contribution in [3.05, 3.63) is 59.1 Å². The van der Waals surface area contributed by atoms with Gasteiger partial charge in [-0.3, -0.25) is 4.79 Å². The van der Waals surface area contributed by atoms with E-state index in [1.54, 1.807) is 18.0 Å². The summed E-state index contributed by atoms with van der Waals surface area (Å²) in [5, 5.41) is 0.269. The van der Waals surface area contributed by atoms with Gasteiger partial charge in [0.2, 0.25) is 15.9 Å². The van der Waals surface area contributed by atoms with Crippen molar-refractivity contribution in [3.8, 4) is 5.75 Å².